The molecule has 0 aromatic heterocycles. The van der Waals surface area contributed by atoms with Gasteiger partial charge >= 0.3 is 5.97 Å². The first-order chi connectivity index (χ1) is 16.2. The van der Waals surface area contributed by atoms with Gasteiger partial charge in [-0.25, -0.2) is 4.79 Å². The van der Waals surface area contributed by atoms with E-state index in [1.54, 1.807) is 13.0 Å². The molecular formula is C24H30O10. The van der Waals surface area contributed by atoms with E-state index in [1.807, 2.05) is 30.3 Å². The summed E-state index contributed by atoms with van der Waals surface area (Å²) in [7, 11) is 0. The molecule has 0 bridgehead atoms. The Balaban J connectivity index is 1.51. The molecule has 1 aliphatic carbocycles. The maximum Gasteiger partial charge on any atom is 0.331 e. The van der Waals surface area contributed by atoms with Crippen LogP contribution < -0.4 is 0 Å². The molecule has 3 aliphatic rings. The van der Waals surface area contributed by atoms with Crippen LogP contribution in [0, 0.1) is 5.92 Å². The normalized spacial score (nSPS) is 41.8. The van der Waals surface area contributed by atoms with Gasteiger partial charge in [-0.05, 0) is 37.5 Å². The lowest BCUT2D eigenvalue weighted by molar-refractivity contribution is -0.350. The van der Waals surface area contributed by atoms with Gasteiger partial charge in [0, 0.05) is 6.08 Å². The van der Waals surface area contributed by atoms with E-state index in [0.717, 1.165) is 5.56 Å². The van der Waals surface area contributed by atoms with Crippen molar-refractivity contribution in [1.82, 2.24) is 0 Å². The predicted octanol–water partition coefficient (Wildman–Crippen LogP) is -0.171. The lowest BCUT2D eigenvalue weighted by Crippen LogP contribution is -2.61. The Morgan fingerprint density at radius 1 is 1.12 bits per heavy atom. The highest BCUT2D eigenvalue weighted by Gasteiger charge is 2.62. The third-order valence-electron chi connectivity index (χ3n) is 6.72. The van der Waals surface area contributed by atoms with Crippen LogP contribution in [-0.4, -0.2) is 86.3 Å². The first-order valence-electron chi connectivity index (χ1n) is 11.1. The minimum atomic E-state index is -1.65. The number of aliphatic hydroxyl groups is 5. The highest BCUT2D eigenvalue weighted by atomic mass is 16.8. The molecule has 9 unspecified atom stereocenters. The third-order valence-corrected chi connectivity index (χ3v) is 6.72. The average Bonchev–Trinajstić information content (AvgIpc) is 3.10. The molecule has 10 nitrogen and oxygen atoms in total. The molecule has 186 valence electrons. The fourth-order valence-electron chi connectivity index (χ4n) is 4.84. The summed E-state index contributed by atoms with van der Waals surface area (Å²) in [4.78, 5) is 12.6. The summed E-state index contributed by atoms with van der Waals surface area (Å²) in [6, 6.07) is 9.22. The van der Waals surface area contributed by atoms with Gasteiger partial charge in [0.2, 0.25) is 6.29 Å². The van der Waals surface area contributed by atoms with Gasteiger partial charge in [-0.15, -0.1) is 0 Å². The highest BCUT2D eigenvalue weighted by molar-refractivity contribution is 5.87. The average molecular weight is 478 g/mol. The topological polar surface area (TPSA) is 155 Å². The van der Waals surface area contributed by atoms with Crippen molar-refractivity contribution in [3.05, 3.63) is 54.3 Å². The summed E-state index contributed by atoms with van der Waals surface area (Å²) < 4.78 is 22.5. The van der Waals surface area contributed by atoms with Crippen molar-refractivity contribution in [2.75, 3.05) is 6.61 Å². The predicted molar refractivity (Wildman–Crippen MR) is 117 cm³/mol. The number of carbonyl (C=O) groups excluding carboxylic acids is 1. The van der Waals surface area contributed by atoms with E-state index in [1.165, 1.54) is 18.4 Å². The number of rotatable bonds is 6. The maximum absolute atomic E-state index is 12.6. The van der Waals surface area contributed by atoms with Gasteiger partial charge in [0.25, 0.3) is 0 Å². The number of hydrogen-bond acceptors (Lipinski definition) is 10. The minimum absolute atomic E-state index is 0.262. The second kappa shape index (κ2) is 9.74. The molecule has 9 atom stereocenters. The summed E-state index contributed by atoms with van der Waals surface area (Å²) in [6.45, 7) is 1.04. The molecule has 34 heavy (non-hydrogen) atoms. The van der Waals surface area contributed by atoms with Crippen LogP contribution in [0.4, 0.5) is 0 Å². The van der Waals surface area contributed by atoms with Crippen LogP contribution in [0.3, 0.4) is 0 Å². The molecule has 1 saturated carbocycles. The van der Waals surface area contributed by atoms with Crippen LogP contribution in [0.25, 0.3) is 6.08 Å². The van der Waals surface area contributed by atoms with Crippen molar-refractivity contribution in [1.29, 1.82) is 0 Å². The molecule has 10 heteroatoms. The van der Waals surface area contributed by atoms with E-state index in [4.69, 9.17) is 18.9 Å². The minimum Gasteiger partial charge on any atom is -0.472 e. The summed E-state index contributed by atoms with van der Waals surface area (Å²) in [5, 5.41) is 51.0. The lowest BCUT2D eigenvalue weighted by atomic mass is 9.81. The molecule has 2 fully saturated rings. The first-order valence-corrected chi connectivity index (χ1v) is 11.1. The zero-order valence-corrected chi connectivity index (χ0v) is 18.6. The molecule has 2 heterocycles. The van der Waals surface area contributed by atoms with Gasteiger partial charge in [-0.2, -0.15) is 0 Å². The lowest BCUT2D eigenvalue weighted by Gasteiger charge is -2.45. The van der Waals surface area contributed by atoms with Crippen molar-refractivity contribution < 1.29 is 49.3 Å². The Kier molecular flexibility index (Phi) is 7.11. The number of carbonyl (C=O) groups is 1. The molecule has 5 N–H and O–H groups in total. The zero-order chi connectivity index (χ0) is 24.5. The van der Waals surface area contributed by atoms with Gasteiger partial charge in [0.15, 0.2) is 6.29 Å². The van der Waals surface area contributed by atoms with Crippen LogP contribution >= 0.6 is 0 Å². The molecule has 0 spiro atoms. The van der Waals surface area contributed by atoms with E-state index in [2.05, 4.69) is 0 Å². The molecule has 1 saturated heterocycles. The Morgan fingerprint density at radius 2 is 1.85 bits per heavy atom. The molecule has 4 rings (SSSR count). The molecule has 2 aliphatic heterocycles. The zero-order valence-electron chi connectivity index (χ0n) is 18.6. The Labute approximate surface area is 196 Å². The molecular weight excluding hydrogens is 448 g/mol. The number of esters is 1. The van der Waals surface area contributed by atoms with Gasteiger partial charge in [-0.1, -0.05) is 30.3 Å². The number of fused-ring (bicyclic) bond motifs is 1. The number of ether oxygens (including phenoxy) is 4. The summed E-state index contributed by atoms with van der Waals surface area (Å²) in [5.74, 6) is -1.51. The third kappa shape index (κ3) is 4.76. The fourth-order valence-corrected chi connectivity index (χ4v) is 4.84. The number of hydrogen-bond donors (Lipinski definition) is 5. The van der Waals surface area contributed by atoms with Gasteiger partial charge in [0.1, 0.15) is 30.0 Å². The van der Waals surface area contributed by atoms with E-state index >= 15 is 0 Å². The smallest absolute Gasteiger partial charge is 0.331 e. The van der Waals surface area contributed by atoms with E-state index in [-0.39, 0.29) is 6.42 Å². The quantitative estimate of drug-likeness (QED) is 0.275. The van der Waals surface area contributed by atoms with Crippen molar-refractivity contribution in [3.63, 3.8) is 0 Å². The van der Waals surface area contributed by atoms with E-state index in [9.17, 15) is 30.3 Å². The monoisotopic (exact) mass is 478 g/mol. The maximum atomic E-state index is 12.6. The van der Waals surface area contributed by atoms with Gasteiger partial charge < -0.3 is 44.5 Å². The second-order valence-corrected chi connectivity index (χ2v) is 9.09. The SMILES string of the molecule is CC1(OC(=O)C=Cc2ccccc2)CCC2(O)C=COC(OC3OC(CO)C(O)C(O)C3O)C21. The van der Waals surface area contributed by atoms with Crippen molar-refractivity contribution in [3.8, 4) is 0 Å². The molecule has 1 aromatic carbocycles. The van der Waals surface area contributed by atoms with Crippen molar-refractivity contribution in [2.24, 2.45) is 5.92 Å². The van der Waals surface area contributed by atoms with E-state index < -0.39 is 66.7 Å². The Hall–Kier alpha value is -2.31. The van der Waals surface area contributed by atoms with Gasteiger partial charge in [0.05, 0.1) is 24.4 Å². The second-order valence-electron chi connectivity index (χ2n) is 9.09. The molecule has 0 radical (unpaired) electrons. The van der Waals surface area contributed by atoms with Crippen molar-refractivity contribution in [2.45, 2.75) is 68.0 Å². The number of aliphatic hydroxyl groups excluding tert-OH is 4. The summed E-state index contributed by atoms with van der Waals surface area (Å²) >= 11 is 0. The van der Waals surface area contributed by atoms with Crippen LogP contribution in [0.5, 0.6) is 0 Å². The van der Waals surface area contributed by atoms with Crippen LogP contribution in [-0.2, 0) is 23.7 Å². The Bertz CT molecular complexity index is 918. The summed E-state index contributed by atoms with van der Waals surface area (Å²) in [5.41, 5.74) is -1.80. The fraction of sp³-hybridized carbons (Fsp3) is 0.542. The molecule has 1 aromatic rings. The highest BCUT2D eigenvalue weighted by Crippen LogP contribution is 2.51. The standard InChI is InChI=1S/C24H30O10/c1-23(34-16(26)8-7-14-5-3-2-4-6-14)9-10-24(30)11-12-31-22(20(23)24)33-21-19(29)18(28)17(27)15(13-25)32-21/h2-8,11-12,15,17-22,25,27-30H,9-10,13H2,1H3. The van der Waals surface area contributed by atoms with Crippen molar-refractivity contribution >= 4 is 12.0 Å². The van der Waals surface area contributed by atoms with Gasteiger partial charge in [-0.3, -0.25) is 0 Å². The summed E-state index contributed by atoms with van der Waals surface area (Å²) in [6.07, 6.45) is -2.50. The van der Waals surface area contributed by atoms with E-state index in [0.29, 0.717) is 6.42 Å². The van der Waals surface area contributed by atoms with Crippen LogP contribution in [0.15, 0.2) is 48.7 Å². The van der Waals surface area contributed by atoms with Crippen LogP contribution in [0.2, 0.25) is 0 Å². The molecule has 0 amide bonds. The van der Waals surface area contributed by atoms with Crippen LogP contribution in [0.1, 0.15) is 25.3 Å². The Morgan fingerprint density at radius 3 is 2.56 bits per heavy atom. The first kappa shape index (κ1) is 24.8. The largest absolute Gasteiger partial charge is 0.472 e. The number of benzene rings is 1.